The first-order chi connectivity index (χ1) is 11.1. The van der Waals surface area contributed by atoms with Crippen molar-refractivity contribution in [2.24, 2.45) is 0 Å². The molecule has 1 aliphatic carbocycles. The summed E-state index contributed by atoms with van der Waals surface area (Å²) >= 11 is 0. The van der Waals surface area contributed by atoms with Crippen molar-refractivity contribution in [3.63, 3.8) is 0 Å². The number of phenols is 2. The number of anilines is 1. The van der Waals surface area contributed by atoms with E-state index in [1.165, 1.54) is 0 Å². The van der Waals surface area contributed by atoms with E-state index >= 15 is 0 Å². The molecule has 0 radical (unpaired) electrons. The number of hydrogen-bond donors (Lipinski definition) is 3. The number of nitrogens with two attached hydrogens (primary N) is 1. The van der Waals surface area contributed by atoms with E-state index in [0.29, 0.717) is 5.82 Å². The molecule has 128 valence electrons. The Labute approximate surface area is 142 Å². The topological polar surface area (TPSA) is 92.3 Å². The molecule has 1 aliphatic rings. The van der Waals surface area contributed by atoms with Gasteiger partial charge in [0, 0.05) is 11.3 Å². The second-order valence-electron chi connectivity index (χ2n) is 7.62. The highest BCUT2D eigenvalue weighted by molar-refractivity contribution is 5.76. The molecule has 0 saturated heterocycles. The van der Waals surface area contributed by atoms with E-state index in [1.807, 2.05) is 20.8 Å². The summed E-state index contributed by atoms with van der Waals surface area (Å²) < 4.78 is 0. The number of nitrogens with zero attached hydrogens (tertiary/aromatic N) is 2. The maximum absolute atomic E-state index is 10.8. The highest BCUT2D eigenvalue weighted by Crippen LogP contribution is 2.49. The van der Waals surface area contributed by atoms with Gasteiger partial charge >= 0.3 is 0 Å². The number of fused-ring (bicyclic) bond motifs is 1. The molecule has 0 atom stereocenters. The van der Waals surface area contributed by atoms with E-state index in [1.54, 1.807) is 6.07 Å². The van der Waals surface area contributed by atoms with Crippen molar-refractivity contribution in [2.45, 2.75) is 58.8 Å². The number of aromatic nitrogens is 2. The van der Waals surface area contributed by atoms with E-state index in [0.717, 1.165) is 35.2 Å². The van der Waals surface area contributed by atoms with Gasteiger partial charge in [0.1, 0.15) is 22.9 Å². The summed E-state index contributed by atoms with van der Waals surface area (Å²) in [4.78, 5) is 8.85. The zero-order valence-electron chi connectivity index (χ0n) is 14.9. The maximum Gasteiger partial charge on any atom is 0.169 e. The summed E-state index contributed by atoms with van der Waals surface area (Å²) in [7, 11) is 0. The second-order valence-corrected chi connectivity index (χ2v) is 7.62. The van der Waals surface area contributed by atoms with Crippen molar-refractivity contribution in [1.82, 2.24) is 9.97 Å². The Balaban J connectivity index is 2.22. The summed E-state index contributed by atoms with van der Waals surface area (Å²) in [5.74, 6) is 0.954. The number of hydrogen-bond acceptors (Lipinski definition) is 5. The van der Waals surface area contributed by atoms with Gasteiger partial charge in [0.15, 0.2) is 5.82 Å². The minimum absolute atomic E-state index is 0.00248. The molecule has 0 spiro atoms. The Kier molecular flexibility index (Phi) is 3.70. The summed E-state index contributed by atoms with van der Waals surface area (Å²) in [6, 6.07) is 1.74. The summed E-state index contributed by atoms with van der Waals surface area (Å²) in [6.45, 7) is 10.2. The first-order valence-electron chi connectivity index (χ1n) is 8.36. The number of benzene rings is 1. The lowest BCUT2D eigenvalue weighted by Gasteiger charge is -2.20. The van der Waals surface area contributed by atoms with Crippen LogP contribution in [0.25, 0.3) is 11.4 Å². The number of aryl methyl sites for hydroxylation is 1. The van der Waals surface area contributed by atoms with E-state index in [4.69, 9.17) is 5.73 Å². The maximum atomic E-state index is 10.8. The van der Waals surface area contributed by atoms with Gasteiger partial charge in [-0.25, -0.2) is 9.97 Å². The molecule has 5 nitrogen and oxygen atoms in total. The monoisotopic (exact) mass is 327 g/mol. The highest BCUT2D eigenvalue weighted by atomic mass is 16.3. The van der Waals surface area contributed by atoms with Gasteiger partial charge in [-0.15, -0.1) is 0 Å². The van der Waals surface area contributed by atoms with Crippen LogP contribution in [0.3, 0.4) is 0 Å². The van der Waals surface area contributed by atoms with Gasteiger partial charge in [-0.1, -0.05) is 27.7 Å². The highest BCUT2D eigenvalue weighted by Gasteiger charge is 2.34. The first kappa shape index (κ1) is 16.6. The molecule has 0 bridgehead atoms. The molecule has 4 N–H and O–H groups in total. The van der Waals surface area contributed by atoms with E-state index < -0.39 is 0 Å². The van der Waals surface area contributed by atoms with E-state index in [9.17, 15) is 10.2 Å². The van der Waals surface area contributed by atoms with Crippen molar-refractivity contribution < 1.29 is 10.2 Å². The largest absolute Gasteiger partial charge is 0.507 e. The molecule has 0 unspecified atom stereocenters. The van der Waals surface area contributed by atoms with Crippen LogP contribution in [0.4, 0.5) is 5.82 Å². The van der Waals surface area contributed by atoms with Gasteiger partial charge in [-0.2, -0.15) is 0 Å². The predicted molar refractivity (Wildman–Crippen MR) is 95.4 cm³/mol. The number of aromatic hydroxyl groups is 2. The number of phenolic OH excluding ortho intramolecular Hbond substituents is 2. The van der Waals surface area contributed by atoms with Crippen molar-refractivity contribution in [2.75, 3.05) is 5.73 Å². The van der Waals surface area contributed by atoms with Crippen LogP contribution in [0.15, 0.2) is 6.07 Å². The zero-order chi connectivity index (χ0) is 17.8. The second kappa shape index (κ2) is 5.36. The van der Waals surface area contributed by atoms with Crippen LogP contribution < -0.4 is 5.73 Å². The van der Waals surface area contributed by atoms with Crippen LogP contribution in [0.2, 0.25) is 0 Å². The Morgan fingerprint density at radius 1 is 1.21 bits per heavy atom. The molecule has 2 aromatic rings. The molecular formula is C19H25N3O2. The van der Waals surface area contributed by atoms with Crippen LogP contribution in [-0.4, -0.2) is 20.2 Å². The van der Waals surface area contributed by atoms with Gasteiger partial charge in [0.2, 0.25) is 0 Å². The van der Waals surface area contributed by atoms with E-state index in [2.05, 4.69) is 23.8 Å². The molecule has 0 aliphatic heterocycles. The average molecular weight is 327 g/mol. The Bertz CT molecular complexity index is 803. The quantitative estimate of drug-likeness (QED) is 0.780. The van der Waals surface area contributed by atoms with Crippen molar-refractivity contribution in [3.8, 4) is 22.9 Å². The Morgan fingerprint density at radius 2 is 1.88 bits per heavy atom. The summed E-state index contributed by atoms with van der Waals surface area (Å²) in [6.07, 6.45) is 1.72. The fourth-order valence-electron chi connectivity index (χ4n) is 3.77. The number of nitrogen functional groups attached to an aromatic ring is 1. The molecule has 1 aromatic carbocycles. The van der Waals surface area contributed by atoms with Crippen LogP contribution in [0.5, 0.6) is 11.5 Å². The Hall–Kier alpha value is -2.30. The SMILES string of the molecule is Cc1nc(-c2c(O)cc3c(c2O)CCC3(C)C)nc(N)c1C(C)C. The molecule has 1 heterocycles. The third-order valence-electron chi connectivity index (χ3n) is 5.08. The average Bonchev–Trinajstić information content (AvgIpc) is 2.73. The van der Waals surface area contributed by atoms with Crippen molar-refractivity contribution in [1.29, 1.82) is 0 Å². The van der Waals surface area contributed by atoms with Gasteiger partial charge in [-0.3, -0.25) is 0 Å². The molecular weight excluding hydrogens is 302 g/mol. The third kappa shape index (κ3) is 2.39. The lowest BCUT2D eigenvalue weighted by molar-refractivity contribution is 0.448. The molecule has 0 saturated carbocycles. The minimum atomic E-state index is -0.0554. The van der Waals surface area contributed by atoms with Crippen LogP contribution in [0.1, 0.15) is 62.4 Å². The molecule has 5 heteroatoms. The lowest BCUT2D eigenvalue weighted by Crippen LogP contribution is -2.12. The molecule has 3 rings (SSSR count). The fourth-order valence-corrected chi connectivity index (χ4v) is 3.77. The van der Waals surface area contributed by atoms with Gasteiger partial charge in [-0.05, 0) is 48.3 Å². The smallest absolute Gasteiger partial charge is 0.169 e. The molecule has 1 aromatic heterocycles. The fraction of sp³-hybridized carbons (Fsp3) is 0.474. The van der Waals surface area contributed by atoms with Crippen molar-refractivity contribution >= 4 is 5.82 Å². The first-order valence-corrected chi connectivity index (χ1v) is 8.36. The van der Waals surface area contributed by atoms with Crippen LogP contribution in [-0.2, 0) is 11.8 Å². The molecule has 0 fully saturated rings. The number of rotatable bonds is 2. The zero-order valence-corrected chi connectivity index (χ0v) is 14.9. The van der Waals surface area contributed by atoms with Crippen LogP contribution in [0, 0.1) is 6.92 Å². The third-order valence-corrected chi connectivity index (χ3v) is 5.08. The Morgan fingerprint density at radius 3 is 2.46 bits per heavy atom. The minimum Gasteiger partial charge on any atom is -0.507 e. The van der Waals surface area contributed by atoms with Crippen LogP contribution >= 0.6 is 0 Å². The summed E-state index contributed by atoms with van der Waals surface area (Å²) in [5, 5.41) is 21.3. The molecule has 0 amide bonds. The lowest BCUT2D eigenvalue weighted by atomic mass is 9.86. The van der Waals surface area contributed by atoms with E-state index in [-0.39, 0.29) is 34.2 Å². The van der Waals surface area contributed by atoms with Gasteiger partial charge in [0.25, 0.3) is 0 Å². The predicted octanol–water partition coefficient (Wildman–Crippen LogP) is 3.79. The van der Waals surface area contributed by atoms with Gasteiger partial charge < -0.3 is 15.9 Å². The standard InChI is InChI=1S/C19H25N3O2/c1-9(2)14-10(3)21-18(22-17(14)20)15-13(23)8-12-11(16(15)24)6-7-19(12,4)5/h8-9,23-24H,6-7H2,1-5H3,(H2,20,21,22). The summed E-state index contributed by atoms with van der Waals surface area (Å²) in [5.41, 5.74) is 9.86. The van der Waals surface area contributed by atoms with Gasteiger partial charge in [0.05, 0.1) is 0 Å². The molecule has 24 heavy (non-hydrogen) atoms. The van der Waals surface area contributed by atoms with Crippen molar-refractivity contribution in [3.05, 3.63) is 28.5 Å². The normalized spacial score (nSPS) is 15.8.